The molecule has 1 fully saturated rings. The highest BCUT2D eigenvalue weighted by Gasteiger charge is 2.33. The third kappa shape index (κ3) is 3.70. The largest absolute Gasteiger partial charge is 0.319 e. The molecule has 1 N–H and O–H groups in total. The van der Waals surface area contributed by atoms with Gasteiger partial charge in [-0.05, 0) is 50.4 Å². The number of hydrogen-bond acceptors (Lipinski definition) is 4. The van der Waals surface area contributed by atoms with Crippen LogP contribution in [0.2, 0.25) is 4.34 Å². The van der Waals surface area contributed by atoms with E-state index in [2.05, 4.69) is 5.32 Å². The van der Waals surface area contributed by atoms with Crippen molar-refractivity contribution in [2.75, 3.05) is 25.1 Å². The molecule has 0 radical (unpaired) electrons. The average molecular weight is 308 g/mol. The van der Waals surface area contributed by atoms with E-state index in [0.29, 0.717) is 17.4 Å². The van der Waals surface area contributed by atoms with Crippen LogP contribution in [0.5, 0.6) is 0 Å². The SMILES string of the molecule is CNCC(Cc1ccc(Cl)s1)C1CCS(=O)(=O)C1. The van der Waals surface area contributed by atoms with Gasteiger partial charge in [-0.2, -0.15) is 0 Å². The highest BCUT2D eigenvalue weighted by atomic mass is 35.5. The zero-order chi connectivity index (χ0) is 13.2. The summed E-state index contributed by atoms with van der Waals surface area (Å²) in [5.74, 6) is 1.35. The molecule has 1 aliphatic heterocycles. The van der Waals surface area contributed by atoms with Gasteiger partial charge in [-0.3, -0.25) is 0 Å². The minimum Gasteiger partial charge on any atom is -0.319 e. The van der Waals surface area contributed by atoms with Gasteiger partial charge in [-0.25, -0.2) is 8.42 Å². The molecule has 102 valence electrons. The van der Waals surface area contributed by atoms with Crippen LogP contribution in [0.1, 0.15) is 11.3 Å². The van der Waals surface area contributed by atoms with Crippen LogP contribution in [0.25, 0.3) is 0 Å². The van der Waals surface area contributed by atoms with Gasteiger partial charge < -0.3 is 5.32 Å². The van der Waals surface area contributed by atoms with Crippen molar-refractivity contribution in [3.63, 3.8) is 0 Å². The summed E-state index contributed by atoms with van der Waals surface area (Å²) < 4.78 is 23.9. The van der Waals surface area contributed by atoms with Crippen LogP contribution >= 0.6 is 22.9 Å². The standard InChI is InChI=1S/C12H18ClNO2S2/c1-14-7-10(6-11-2-3-12(13)17-11)9-4-5-18(15,16)8-9/h2-3,9-10,14H,4-8H2,1H3. The van der Waals surface area contributed by atoms with Gasteiger partial charge in [0.15, 0.2) is 9.84 Å². The van der Waals surface area contributed by atoms with Crippen molar-refractivity contribution in [2.45, 2.75) is 12.8 Å². The zero-order valence-electron chi connectivity index (χ0n) is 10.4. The van der Waals surface area contributed by atoms with E-state index in [-0.39, 0.29) is 5.92 Å². The lowest BCUT2D eigenvalue weighted by Gasteiger charge is -2.21. The molecule has 0 bridgehead atoms. The maximum atomic E-state index is 11.6. The van der Waals surface area contributed by atoms with Crippen LogP contribution in [0.4, 0.5) is 0 Å². The third-order valence-electron chi connectivity index (χ3n) is 3.49. The maximum absolute atomic E-state index is 11.6. The molecule has 3 nitrogen and oxygen atoms in total. The van der Waals surface area contributed by atoms with E-state index in [1.807, 2.05) is 19.2 Å². The van der Waals surface area contributed by atoms with Gasteiger partial charge in [0.2, 0.25) is 0 Å². The Morgan fingerprint density at radius 3 is 2.83 bits per heavy atom. The smallest absolute Gasteiger partial charge is 0.150 e. The van der Waals surface area contributed by atoms with E-state index in [0.717, 1.165) is 23.7 Å². The van der Waals surface area contributed by atoms with Crippen molar-refractivity contribution in [1.82, 2.24) is 5.32 Å². The number of sulfone groups is 1. The van der Waals surface area contributed by atoms with Gasteiger partial charge in [0.25, 0.3) is 0 Å². The van der Waals surface area contributed by atoms with Gasteiger partial charge in [0.1, 0.15) is 0 Å². The summed E-state index contributed by atoms with van der Waals surface area (Å²) in [7, 11) is -0.882. The van der Waals surface area contributed by atoms with Crippen molar-refractivity contribution >= 4 is 32.8 Å². The molecule has 1 aliphatic rings. The van der Waals surface area contributed by atoms with E-state index >= 15 is 0 Å². The summed E-state index contributed by atoms with van der Waals surface area (Å²) in [6, 6.07) is 3.95. The molecule has 2 heterocycles. The van der Waals surface area contributed by atoms with Crippen molar-refractivity contribution in [1.29, 1.82) is 0 Å². The quantitative estimate of drug-likeness (QED) is 0.907. The van der Waals surface area contributed by atoms with Crippen LogP contribution in [0.3, 0.4) is 0 Å². The molecule has 0 aliphatic carbocycles. The molecule has 6 heteroatoms. The molecule has 2 rings (SSSR count). The second-order valence-corrected chi connectivity index (χ2v) is 8.92. The Morgan fingerprint density at radius 1 is 1.56 bits per heavy atom. The highest BCUT2D eigenvalue weighted by Crippen LogP contribution is 2.31. The lowest BCUT2D eigenvalue weighted by Crippen LogP contribution is -2.28. The Labute approximate surface area is 117 Å². The van der Waals surface area contributed by atoms with Gasteiger partial charge in [-0.15, -0.1) is 11.3 Å². The minimum absolute atomic E-state index is 0.281. The van der Waals surface area contributed by atoms with Crippen molar-refractivity contribution < 1.29 is 8.42 Å². The highest BCUT2D eigenvalue weighted by molar-refractivity contribution is 7.91. The maximum Gasteiger partial charge on any atom is 0.150 e. The molecule has 2 atom stereocenters. The summed E-state index contributed by atoms with van der Waals surface area (Å²) >= 11 is 7.52. The van der Waals surface area contributed by atoms with E-state index in [4.69, 9.17) is 11.6 Å². The Hall–Kier alpha value is -0.100. The first kappa shape index (κ1) is 14.3. The second-order valence-electron chi connectivity index (χ2n) is 4.89. The van der Waals surface area contributed by atoms with Crippen LogP contribution in [-0.4, -0.2) is 33.5 Å². The fraction of sp³-hybridized carbons (Fsp3) is 0.667. The minimum atomic E-state index is -2.80. The topological polar surface area (TPSA) is 46.2 Å². The summed E-state index contributed by atoms with van der Waals surface area (Å²) in [5.41, 5.74) is 0. The molecule has 18 heavy (non-hydrogen) atoms. The van der Waals surface area contributed by atoms with Gasteiger partial charge >= 0.3 is 0 Å². The van der Waals surface area contributed by atoms with E-state index in [9.17, 15) is 8.42 Å². The Kier molecular flexibility index (Phi) is 4.69. The first-order chi connectivity index (χ1) is 8.50. The Bertz CT molecular complexity index is 498. The number of halogens is 1. The molecule has 2 unspecified atom stereocenters. The van der Waals surface area contributed by atoms with Crippen molar-refractivity contribution in [2.24, 2.45) is 11.8 Å². The molecule has 0 amide bonds. The first-order valence-corrected chi connectivity index (χ1v) is 9.11. The summed E-state index contributed by atoms with van der Waals surface area (Å²) in [6.07, 6.45) is 1.71. The van der Waals surface area contributed by atoms with Crippen molar-refractivity contribution in [3.8, 4) is 0 Å². The molecule has 1 aromatic rings. The monoisotopic (exact) mass is 307 g/mol. The zero-order valence-corrected chi connectivity index (χ0v) is 12.7. The predicted molar refractivity (Wildman–Crippen MR) is 77.2 cm³/mol. The summed E-state index contributed by atoms with van der Waals surface area (Å²) in [6.45, 7) is 0.857. The van der Waals surface area contributed by atoms with E-state index < -0.39 is 9.84 Å². The fourth-order valence-corrected chi connectivity index (χ4v) is 5.68. The molecular formula is C12H18ClNO2S2. The average Bonchev–Trinajstić information content (AvgIpc) is 2.84. The molecule has 1 saturated heterocycles. The Balaban J connectivity index is 2.04. The Morgan fingerprint density at radius 2 is 2.33 bits per heavy atom. The fourth-order valence-electron chi connectivity index (χ4n) is 2.58. The number of rotatable bonds is 5. The second kappa shape index (κ2) is 5.90. The van der Waals surface area contributed by atoms with E-state index in [1.54, 1.807) is 11.3 Å². The molecule has 0 spiro atoms. The number of thiophene rings is 1. The van der Waals surface area contributed by atoms with Crippen LogP contribution in [0.15, 0.2) is 12.1 Å². The molecule has 0 saturated carbocycles. The third-order valence-corrected chi connectivity index (χ3v) is 6.54. The number of nitrogens with one attached hydrogen (secondary N) is 1. The van der Waals surface area contributed by atoms with Gasteiger partial charge in [-0.1, -0.05) is 11.6 Å². The van der Waals surface area contributed by atoms with Crippen LogP contribution < -0.4 is 5.32 Å². The predicted octanol–water partition coefficient (Wildman–Crippen LogP) is 2.21. The normalized spacial score (nSPS) is 24.2. The van der Waals surface area contributed by atoms with Crippen LogP contribution in [-0.2, 0) is 16.3 Å². The lowest BCUT2D eigenvalue weighted by atomic mass is 9.88. The van der Waals surface area contributed by atoms with E-state index in [1.165, 1.54) is 4.88 Å². The van der Waals surface area contributed by atoms with Crippen molar-refractivity contribution in [3.05, 3.63) is 21.3 Å². The van der Waals surface area contributed by atoms with Crippen LogP contribution in [0, 0.1) is 11.8 Å². The summed E-state index contributed by atoms with van der Waals surface area (Å²) in [5, 5.41) is 3.18. The molecule has 0 aromatic carbocycles. The molecule has 1 aromatic heterocycles. The summed E-state index contributed by atoms with van der Waals surface area (Å²) in [4.78, 5) is 1.24. The molecular weight excluding hydrogens is 290 g/mol. The van der Waals surface area contributed by atoms with Gasteiger partial charge in [0, 0.05) is 4.88 Å². The van der Waals surface area contributed by atoms with Gasteiger partial charge in [0.05, 0.1) is 15.8 Å². The first-order valence-electron chi connectivity index (χ1n) is 6.09. The number of hydrogen-bond donors (Lipinski definition) is 1. The lowest BCUT2D eigenvalue weighted by molar-refractivity contribution is 0.353.